The maximum Gasteiger partial charge on any atom is 0.229 e. The average molecular weight is 449 g/mol. The van der Waals surface area contributed by atoms with Gasteiger partial charge >= 0.3 is 0 Å². The quantitative estimate of drug-likeness (QED) is 0.354. The molecule has 0 atom stereocenters. The molecular formula is C25H29FN6O. The standard InChI is InChI=1S/C24H25FN6O.CH4/c1-15-6-8-16(9-7-15)27-23-26-14-21-22(30-23)31(17-10-12-18(32)13-11-17)24(29-21)28-20-5-3-2-4-19(20)25;/h2-9,14,17-18,32H,10-13H2,1H3,(H,28,29)(H,26,27,30);1H4. The Kier molecular flexibility index (Phi) is 6.55. The first-order valence-corrected chi connectivity index (χ1v) is 10.8. The summed E-state index contributed by atoms with van der Waals surface area (Å²) in [5.74, 6) is 0.641. The highest BCUT2D eigenvalue weighted by Gasteiger charge is 2.26. The van der Waals surface area contributed by atoms with Gasteiger partial charge in [-0.2, -0.15) is 4.98 Å². The van der Waals surface area contributed by atoms with Crippen LogP contribution in [-0.2, 0) is 0 Å². The minimum Gasteiger partial charge on any atom is -0.393 e. The van der Waals surface area contributed by atoms with E-state index >= 15 is 0 Å². The summed E-state index contributed by atoms with van der Waals surface area (Å²) in [4.78, 5) is 13.8. The average Bonchev–Trinajstić information content (AvgIpc) is 3.15. The summed E-state index contributed by atoms with van der Waals surface area (Å²) in [6.45, 7) is 2.04. The summed E-state index contributed by atoms with van der Waals surface area (Å²) in [6.07, 6.45) is 4.41. The number of aromatic nitrogens is 4. The smallest absolute Gasteiger partial charge is 0.229 e. The molecule has 1 saturated carbocycles. The lowest BCUT2D eigenvalue weighted by atomic mass is 9.93. The maximum atomic E-state index is 14.3. The third kappa shape index (κ3) is 4.80. The summed E-state index contributed by atoms with van der Waals surface area (Å²) >= 11 is 0. The molecule has 0 saturated heterocycles. The van der Waals surface area contributed by atoms with Gasteiger partial charge in [0, 0.05) is 11.7 Å². The maximum absolute atomic E-state index is 14.3. The molecule has 2 heterocycles. The largest absolute Gasteiger partial charge is 0.393 e. The van der Waals surface area contributed by atoms with Crippen molar-refractivity contribution in [1.29, 1.82) is 0 Å². The minimum absolute atomic E-state index is 0. The summed E-state index contributed by atoms with van der Waals surface area (Å²) in [5.41, 5.74) is 3.73. The molecule has 0 unspecified atom stereocenters. The highest BCUT2D eigenvalue weighted by molar-refractivity contribution is 5.77. The summed E-state index contributed by atoms with van der Waals surface area (Å²) in [5, 5.41) is 16.4. The van der Waals surface area contributed by atoms with E-state index in [1.165, 1.54) is 11.6 Å². The van der Waals surface area contributed by atoms with Gasteiger partial charge in [0.15, 0.2) is 5.65 Å². The number of fused-ring (bicyclic) bond motifs is 1. The Morgan fingerprint density at radius 2 is 1.70 bits per heavy atom. The molecule has 0 spiro atoms. The lowest BCUT2D eigenvalue weighted by Crippen LogP contribution is -2.22. The molecule has 0 radical (unpaired) electrons. The van der Waals surface area contributed by atoms with Crippen LogP contribution in [0.3, 0.4) is 0 Å². The molecule has 8 heteroatoms. The van der Waals surface area contributed by atoms with Crippen LogP contribution in [0.15, 0.2) is 54.7 Å². The predicted octanol–water partition coefficient (Wildman–Crippen LogP) is 5.87. The Morgan fingerprint density at radius 1 is 0.970 bits per heavy atom. The van der Waals surface area contributed by atoms with Crippen molar-refractivity contribution in [2.45, 2.75) is 52.2 Å². The van der Waals surface area contributed by atoms with Crippen LogP contribution in [0, 0.1) is 12.7 Å². The van der Waals surface area contributed by atoms with Crippen LogP contribution in [0.4, 0.5) is 27.7 Å². The summed E-state index contributed by atoms with van der Waals surface area (Å²) < 4.78 is 16.3. The SMILES string of the molecule is C.Cc1ccc(Nc2ncc3nc(Nc4ccccc4F)n(C4CCC(O)CC4)c3n2)cc1. The molecule has 2 aromatic heterocycles. The van der Waals surface area contributed by atoms with E-state index in [0.717, 1.165) is 18.5 Å². The van der Waals surface area contributed by atoms with E-state index in [0.29, 0.717) is 41.6 Å². The van der Waals surface area contributed by atoms with Gasteiger partial charge in [-0.05, 0) is 56.9 Å². The molecule has 2 aromatic carbocycles. The number of para-hydroxylation sites is 1. The predicted molar refractivity (Wildman–Crippen MR) is 130 cm³/mol. The number of aryl methyl sites for hydroxylation is 1. The highest BCUT2D eigenvalue weighted by atomic mass is 19.1. The van der Waals surface area contributed by atoms with E-state index < -0.39 is 0 Å². The van der Waals surface area contributed by atoms with Crippen molar-refractivity contribution in [2.75, 3.05) is 10.6 Å². The number of hydrogen-bond donors (Lipinski definition) is 3. The number of nitrogens with one attached hydrogen (secondary N) is 2. The lowest BCUT2D eigenvalue weighted by Gasteiger charge is -2.28. The van der Waals surface area contributed by atoms with Crippen LogP contribution < -0.4 is 10.6 Å². The molecule has 0 aliphatic heterocycles. The number of aliphatic hydroxyl groups is 1. The molecule has 1 aliphatic carbocycles. The number of benzene rings is 2. The monoisotopic (exact) mass is 448 g/mol. The van der Waals surface area contributed by atoms with Gasteiger partial charge in [0.2, 0.25) is 11.9 Å². The number of aliphatic hydroxyl groups excluding tert-OH is 1. The van der Waals surface area contributed by atoms with Crippen molar-refractivity contribution in [3.05, 3.63) is 66.1 Å². The molecule has 7 nitrogen and oxygen atoms in total. The second-order valence-electron chi connectivity index (χ2n) is 8.27. The summed E-state index contributed by atoms with van der Waals surface area (Å²) in [7, 11) is 0. The van der Waals surface area contributed by atoms with Crippen LogP contribution in [0.5, 0.6) is 0 Å². The van der Waals surface area contributed by atoms with E-state index in [1.54, 1.807) is 24.4 Å². The first kappa shape index (κ1) is 22.7. The van der Waals surface area contributed by atoms with Crippen molar-refractivity contribution in [3.8, 4) is 0 Å². The van der Waals surface area contributed by atoms with E-state index in [4.69, 9.17) is 4.98 Å². The van der Waals surface area contributed by atoms with Crippen LogP contribution in [0.2, 0.25) is 0 Å². The molecule has 1 fully saturated rings. The second kappa shape index (κ2) is 9.54. The molecule has 0 bridgehead atoms. The lowest BCUT2D eigenvalue weighted by molar-refractivity contribution is 0.112. The van der Waals surface area contributed by atoms with E-state index in [1.807, 2.05) is 35.8 Å². The summed E-state index contributed by atoms with van der Waals surface area (Å²) in [6, 6.07) is 14.6. The Bertz CT molecular complexity index is 1230. The van der Waals surface area contributed by atoms with Gasteiger partial charge in [0.05, 0.1) is 18.0 Å². The van der Waals surface area contributed by atoms with Crippen LogP contribution in [0.1, 0.15) is 44.7 Å². The minimum atomic E-state index is -0.349. The zero-order valence-electron chi connectivity index (χ0n) is 17.8. The number of imidazole rings is 1. The number of halogens is 1. The van der Waals surface area contributed by atoms with Crippen molar-refractivity contribution in [2.24, 2.45) is 0 Å². The van der Waals surface area contributed by atoms with Crippen LogP contribution in [0.25, 0.3) is 11.2 Å². The first-order valence-electron chi connectivity index (χ1n) is 10.8. The second-order valence-corrected chi connectivity index (χ2v) is 8.27. The Morgan fingerprint density at radius 3 is 2.42 bits per heavy atom. The van der Waals surface area contributed by atoms with Crippen LogP contribution >= 0.6 is 0 Å². The van der Waals surface area contributed by atoms with Gasteiger partial charge in [-0.1, -0.05) is 37.3 Å². The van der Waals surface area contributed by atoms with Crippen molar-refractivity contribution < 1.29 is 9.50 Å². The molecule has 1 aliphatic rings. The van der Waals surface area contributed by atoms with Crippen molar-refractivity contribution in [3.63, 3.8) is 0 Å². The molecule has 3 N–H and O–H groups in total. The molecule has 0 amide bonds. The Balaban J connectivity index is 0.00000259. The number of hydrogen-bond acceptors (Lipinski definition) is 6. The number of anilines is 4. The molecule has 33 heavy (non-hydrogen) atoms. The van der Waals surface area contributed by atoms with E-state index in [9.17, 15) is 9.50 Å². The fraction of sp³-hybridized carbons (Fsp3) is 0.320. The molecule has 4 aromatic rings. The highest BCUT2D eigenvalue weighted by Crippen LogP contribution is 2.35. The third-order valence-electron chi connectivity index (χ3n) is 5.89. The zero-order chi connectivity index (χ0) is 22.1. The van der Waals surface area contributed by atoms with Gasteiger partial charge in [0.1, 0.15) is 11.3 Å². The molecule has 5 rings (SSSR count). The van der Waals surface area contributed by atoms with Crippen LogP contribution in [-0.4, -0.2) is 30.7 Å². The first-order chi connectivity index (χ1) is 15.6. The fourth-order valence-electron chi connectivity index (χ4n) is 4.15. The van der Waals surface area contributed by atoms with E-state index in [2.05, 4.69) is 20.6 Å². The van der Waals surface area contributed by atoms with Gasteiger partial charge in [0.25, 0.3) is 0 Å². The van der Waals surface area contributed by atoms with Crippen molar-refractivity contribution in [1.82, 2.24) is 19.5 Å². The molecular weight excluding hydrogens is 419 g/mol. The van der Waals surface area contributed by atoms with Gasteiger partial charge in [-0.15, -0.1) is 0 Å². The normalized spacial score (nSPS) is 18.0. The fourth-order valence-corrected chi connectivity index (χ4v) is 4.15. The van der Waals surface area contributed by atoms with Gasteiger partial charge in [-0.3, -0.25) is 4.57 Å². The topological polar surface area (TPSA) is 87.9 Å². The number of rotatable bonds is 5. The van der Waals surface area contributed by atoms with Crippen molar-refractivity contribution >= 4 is 34.4 Å². The Hall–Kier alpha value is -3.52. The third-order valence-corrected chi connectivity index (χ3v) is 5.89. The van der Waals surface area contributed by atoms with Gasteiger partial charge in [-0.25, -0.2) is 14.4 Å². The van der Waals surface area contributed by atoms with E-state index in [-0.39, 0.29) is 25.4 Å². The Labute approximate surface area is 192 Å². The number of nitrogens with zero attached hydrogens (tertiary/aromatic N) is 4. The zero-order valence-corrected chi connectivity index (χ0v) is 17.8. The molecule has 172 valence electrons. The van der Waals surface area contributed by atoms with Gasteiger partial charge < -0.3 is 15.7 Å².